The van der Waals surface area contributed by atoms with Crippen molar-refractivity contribution in [3.8, 4) is 11.5 Å². The van der Waals surface area contributed by atoms with Crippen LogP contribution in [-0.4, -0.2) is 42.4 Å². The number of hydrogen-bond donors (Lipinski definition) is 1. The first kappa shape index (κ1) is 25.4. The van der Waals surface area contributed by atoms with Crippen molar-refractivity contribution in [2.45, 2.75) is 84.1 Å². The molecule has 3 rings (SSSR count). The highest BCUT2D eigenvalue weighted by Gasteiger charge is 2.32. The third-order valence-electron chi connectivity index (χ3n) is 7.05. The average Bonchev–Trinajstić information content (AvgIpc) is 3.46. The Bertz CT molecular complexity index is 875. The Hall–Kier alpha value is -2.27. The number of phenols is 1. The lowest BCUT2D eigenvalue weighted by atomic mass is 9.73. The maximum atomic E-state index is 12.6. The number of hydrogen-bond acceptors (Lipinski definition) is 5. The van der Waals surface area contributed by atoms with Crippen LogP contribution in [-0.2, 0) is 11.2 Å². The van der Waals surface area contributed by atoms with Crippen LogP contribution < -0.4 is 4.74 Å². The number of carbonyl (C=O) groups excluding carboxylic acids is 1. The van der Waals surface area contributed by atoms with E-state index in [1.807, 2.05) is 19.1 Å². The minimum atomic E-state index is -0.700. The van der Waals surface area contributed by atoms with Gasteiger partial charge in [0.25, 0.3) is 0 Å². The van der Waals surface area contributed by atoms with Crippen molar-refractivity contribution < 1.29 is 19.4 Å². The molecule has 1 aliphatic heterocycles. The van der Waals surface area contributed by atoms with E-state index in [1.165, 1.54) is 5.57 Å². The van der Waals surface area contributed by atoms with Gasteiger partial charge < -0.3 is 19.5 Å². The largest absolute Gasteiger partial charge is 0.513 e. The molecule has 2 aliphatic rings. The zero-order valence-corrected chi connectivity index (χ0v) is 20.9. The van der Waals surface area contributed by atoms with Crippen molar-refractivity contribution in [3.63, 3.8) is 0 Å². The third-order valence-corrected chi connectivity index (χ3v) is 7.05. The number of carbonyl (C=O) groups is 1. The van der Waals surface area contributed by atoms with Crippen molar-refractivity contribution in [3.05, 3.63) is 47.1 Å². The number of benzene rings is 1. The van der Waals surface area contributed by atoms with Crippen molar-refractivity contribution in [1.82, 2.24) is 4.90 Å². The number of ether oxygens (including phenoxy) is 2. The van der Waals surface area contributed by atoms with Crippen LogP contribution in [0.3, 0.4) is 0 Å². The summed E-state index contributed by atoms with van der Waals surface area (Å²) in [5.41, 5.74) is 4.00. The number of unbranched alkanes of at least 4 members (excludes halogenated alkanes) is 2. The van der Waals surface area contributed by atoms with Gasteiger partial charge in [-0.15, -0.1) is 0 Å². The molecule has 0 spiro atoms. The van der Waals surface area contributed by atoms with Crippen LogP contribution >= 0.6 is 0 Å². The van der Waals surface area contributed by atoms with Gasteiger partial charge in [-0.3, -0.25) is 0 Å². The molecule has 0 bridgehead atoms. The van der Waals surface area contributed by atoms with Gasteiger partial charge in [0.15, 0.2) is 0 Å². The molecule has 0 saturated carbocycles. The number of rotatable bonds is 11. The van der Waals surface area contributed by atoms with E-state index in [9.17, 15) is 9.90 Å². The van der Waals surface area contributed by atoms with Crippen LogP contribution in [0.5, 0.6) is 11.5 Å². The van der Waals surface area contributed by atoms with Crippen molar-refractivity contribution in [2.75, 3.05) is 20.2 Å². The lowest BCUT2D eigenvalue weighted by Gasteiger charge is -2.32. The molecule has 33 heavy (non-hydrogen) atoms. The van der Waals surface area contributed by atoms with Crippen molar-refractivity contribution in [1.29, 1.82) is 0 Å². The van der Waals surface area contributed by atoms with E-state index >= 15 is 0 Å². The molecule has 1 heterocycles. The molecule has 1 aromatic rings. The summed E-state index contributed by atoms with van der Waals surface area (Å²) in [5, 5.41) is 11.1. The zero-order chi connectivity index (χ0) is 24.0. The second-order valence-electron chi connectivity index (χ2n) is 9.95. The SMILES string of the molecule is C=C(C)[C@@H]1CCC(C)=C[C@H]1c1c(O)cc(CCCCC)cc1OC(=O)OCCCC1CN1C. The molecular formula is C28H41NO4. The fourth-order valence-electron chi connectivity index (χ4n) is 4.91. The number of allylic oxidation sites excluding steroid dienone is 3. The van der Waals surface area contributed by atoms with Crippen molar-refractivity contribution >= 4 is 6.16 Å². The summed E-state index contributed by atoms with van der Waals surface area (Å²) in [6.07, 6.45) is 9.45. The highest BCUT2D eigenvalue weighted by molar-refractivity contribution is 5.66. The van der Waals surface area contributed by atoms with E-state index in [0.29, 0.717) is 24.0 Å². The first-order valence-electron chi connectivity index (χ1n) is 12.5. The van der Waals surface area contributed by atoms with E-state index in [4.69, 9.17) is 9.47 Å². The maximum absolute atomic E-state index is 12.6. The molecule has 4 atom stereocenters. The van der Waals surface area contributed by atoms with E-state index in [0.717, 1.165) is 69.0 Å². The fourth-order valence-corrected chi connectivity index (χ4v) is 4.91. The van der Waals surface area contributed by atoms with Gasteiger partial charge in [0, 0.05) is 24.1 Å². The molecule has 182 valence electrons. The van der Waals surface area contributed by atoms with Gasteiger partial charge in [0.1, 0.15) is 11.5 Å². The van der Waals surface area contributed by atoms with Gasteiger partial charge in [-0.2, -0.15) is 0 Å². The smallest absolute Gasteiger partial charge is 0.507 e. The molecule has 2 unspecified atom stereocenters. The molecule has 0 amide bonds. The zero-order valence-electron chi connectivity index (χ0n) is 20.9. The lowest BCUT2D eigenvalue weighted by molar-refractivity contribution is 0.0966. The van der Waals surface area contributed by atoms with Crippen LogP contribution in [0.25, 0.3) is 0 Å². The highest BCUT2D eigenvalue weighted by Crippen LogP contribution is 2.47. The first-order valence-corrected chi connectivity index (χ1v) is 12.5. The minimum absolute atomic E-state index is 0.0749. The molecule has 1 fully saturated rings. The number of phenolic OH excluding ortho intramolecular Hbond substituents is 1. The van der Waals surface area contributed by atoms with Crippen LogP contribution in [0, 0.1) is 5.92 Å². The second kappa shape index (κ2) is 11.7. The van der Waals surface area contributed by atoms with Crippen LogP contribution in [0.2, 0.25) is 0 Å². The third kappa shape index (κ3) is 7.10. The summed E-state index contributed by atoms with van der Waals surface area (Å²) in [5.74, 6) is 0.718. The molecule has 1 N–H and O–H groups in total. The van der Waals surface area contributed by atoms with E-state index < -0.39 is 6.16 Å². The number of aryl methyl sites for hydroxylation is 1. The molecule has 1 aliphatic carbocycles. The lowest BCUT2D eigenvalue weighted by Crippen LogP contribution is -2.19. The Labute approximate surface area is 199 Å². The van der Waals surface area contributed by atoms with Gasteiger partial charge in [0.05, 0.1) is 6.61 Å². The molecule has 5 nitrogen and oxygen atoms in total. The molecular weight excluding hydrogens is 414 g/mol. The molecule has 0 aromatic heterocycles. The van der Waals surface area contributed by atoms with Gasteiger partial charge >= 0.3 is 6.16 Å². The minimum Gasteiger partial charge on any atom is -0.507 e. The predicted octanol–water partition coefficient (Wildman–Crippen LogP) is 6.75. The molecule has 1 saturated heterocycles. The van der Waals surface area contributed by atoms with Crippen LogP contribution in [0.4, 0.5) is 4.79 Å². The molecule has 0 radical (unpaired) electrons. The number of nitrogens with zero attached hydrogens (tertiary/aromatic N) is 1. The Morgan fingerprint density at radius 3 is 2.70 bits per heavy atom. The normalized spacial score (nSPS) is 24.2. The Morgan fingerprint density at radius 1 is 1.27 bits per heavy atom. The standard InChI is InChI=1S/C28H41NO4/c1-6-7-8-10-21-16-25(30)27(24-15-20(4)12-13-23(24)19(2)3)26(17-21)33-28(31)32-14-9-11-22-18-29(22)5/h15-17,22-24,30H,2,6-14,18H2,1,3-5H3/t22?,23-,24+,29?/m0/s1. The van der Waals surface area contributed by atoms with Crippen LogP contribution in [0.15, 0.2) is 35.9 Å². The summed E-state index contributed by atoms with van der Waals surface area (Å²) >= 11 is 0. The predicted molar refractivity (Wildman–Crippen MR) is 133 cm³/mol. The summed E-state index contributed by atoms with van der Waals surface area (Å²) < 4.78 is 11.1. The van der Waals surface area contributed by atoms with E-state index in [-0.39, 0.29) is 17.6 Å². The van der Waals surface area contributed by atoms with Crippen molar-refractivity contribution in [2.24, 2.45) is 5.92 Å². The molecule has 1 aromatic carbocycles. The monoisotopic (exact) mass is 455 g/mol. The van der Waals surface area contributed by atoms with Gasteiger partial charge in [-0.1, -0.05) is 43.6 Å². The quantitative estimate of drug-likeness (QED) is 0.131. The maximum Gasteiger partial charge on any atom is 0.513 e. The first-order chi connectivity index (χ1) is 15.8. The summed E-state index contributed by atoms with van der Waals surface area (Å²) in [7, 11) is 2.10. The van der Waals surface area contributed by atoms with Gasteiger partial charge in [-0.05, 0) is 83.0 Å². The summed E-state index contributed by atoms with van der Waals surface area (Å²) in [6, 6.07) is 4.37. The Morgan fingerprint density at radius 2 is 2.03 bits per heavy atom. The number of aromatic hydroxyl groups is 1. The average molecular weight is 456 g/mol. The Balaban J connectivity index is 1.80. The number of likely N-dealkylation sites (N-methyl/N-ethyl adjacent to an activating group) is 1. The molecule has 5 heteroatoms. The highest BCUT2D eigenvalue weighted by atomic mass is 16.7. The Kier molecular flexibility index (Phi) is 9.02. The van der Waals surface area contributed by atoms with Crippen LogP contribution in [0.1, 0.15) is 82.8 Å². The summed E-state index contributed by atoms with van der Waals surface area (Å²) in [4.78, 5) is 14.8. The van der Waals surface area contributed by atoms with Gasteiger partial charge in [0.2, 0.25) is 0 Å². The van der Waals surface area contributed by atoms with E-state index in [1.54, 1.807) is 0 Å². The second-order valence-corrected chi connectivity index (χ2v) is 9.95. The van der Waals surface area contributed by atoms with E-state index in [2.05, 4.69) is 38.5 Å². The summed E-state index contributed by atoms with van der Waals surface area (Å²) in [6.45, 7) is 12.0. The fraction of sp³-hybridized carbons (Fsp3) is 0.607. The van der Waals surface area contributed by atoms with Gasteiger partial charge in [-0.25, -0.2) is 4.79 Å². The topological polar surface area (TPSA) is 58.8 Å².